The van der Waals surface area contributed by atoms with Gasteiger partial charge >= 0.3 is 0 Å². The maximum absolute atomic E-state index is 12.9. The van der Waals surface area contributed by atoms with Crippen LogP contribution in [-0.2, 0) is 5.60 Å². The van der Waals surface area contributed by atoms with Gasteiger partial charge in [-0.1, -0.05) is 29.3 Å². The first-order chi connectivity index (χ1) is 12.9. The third-order valence-corrected chi connectivity index (χ3v) is 5.71. The number of hydrogen-bond donors (Lipinski definition) is 1. The highest BCUT2D eigenvalue weighted by molar-refractivity contribution is 6.35. The predicted octanol–water partition coefficient (Wildman–Crippen LogP) is 5.08. The molecule has 1 heterocycles. The summed E-state index contributed by atoms with van der Waals surface area (Å²) in [5.74, 6) is -0.315. The monoisotopic (exact) mass is 409 g/mol. The van der Waals surface area contributed by atoms with Gasteiger partial charge in [0.15, 0.2) is 5.78 Å². The van der Waals surface area contributed by atoms with Crippen molar-refractivity contribution in [3.8, 4) is 0 Å². The van der Waals surface area contributed by atoms with Crippen LogP contribution in [0.5, 0.6) is 0 Å². The van der Waals surface area contributed by atoms with E-state index in [0.29, 0.717) is 34.9 Å². The molecule has 0 radical (unpaired) electrons. The van der Waals surface area contributed by atoms with Crippen LogP contribution in [0.1, 0.15) is 41.6 Å². The lowest BCUT2D eigenvalue weighted by atomic mass is 9.84. The zero-order valence-electron chi connectivity index (χ0n) is 14.9. The predicted molar refractivity (Wildman–Crippen MR) is 106 cm³/mol. The van der Waals surface area contributed by atoms with E-state index in [2.05, 4.69) is 4.90 Å². The van der Waals surface area contributed by atoms with Crippen LogP contribution in [0.4, 0.5) is 4.39 Å². The van der Waals surface area contributed by atoms with Crippen molar-refractivity contribution in [3.63, 3.8) is 0 Å². The fourth-order valence-corrected chi connectivity index (χ4v) is 4.11. The molecule has 6 heteroatoms. The van der Waals surface area contributed by atoms with Crippen LogP contribution >= 0.6 is 23.2 Å². The second-order valence-electron chi connectivity index (χ2n) is 7.03. The molecule has 144 valence electrons. The largest absolute Gasteiger partial charge is 0.385 e. The van der Waals surface area contributed by atoms with E-state index in [1.54, 1.807) is 18.2 Å². The van der Waals surface area contributed by atoms with Gasteiger partial charge in [0, 0.05) is 40.7 Å². The van der Waals surface area contributed by atoms with Crippen molar-refractivity contribution in [2.24, 2.45) is 0 Å². The number of carbonyl (C=O) groups excluding carboxylic acids is 1. The van der Waals surface area contributed by atoms with Crippen molar-refractivity contribution in [3.05, 3.63) is 69.5 Å². The first-order valence-electron chi connectivity index (χ1n) is 9.06. The Labute approximate surface area is 168 Å². The van der Waals surface area contributed by atoms with Crippen LogP contribution in [0.15, 0.2) is 42.5 Å². The van der Waals surface area contributed by atoms with E-state index in [9.17, 15) is 14.3 Å². The van der Waals surface area contributed by atoms with E-state index in [0.717, 1.165) is 31.6 Å². The van der Waals surface area contributed by atoms with Gasteiger partial charge in [-0.2, -0.15) is 0 Å². The van der Waals surface area contributed by atoms with Crippen molar-refractivity contribution in [1.29, 1.82) is 0 Å². The van der Waals surface area contributed by atoms with Crippen molar-refractivity contribution in [1.82, 2.24) is 4.90 Å². The topological polar surface area (TPSA) is 40.5 Å². The van der Waals surface area contributed by atoms with Crippen molar-refractivity contribution < 1.29 is 14.3 Å². The normalized spacial score (nSPS) is 17.0. The molecule has 0 aromatic heterocycles. The Morgan fingerprint density at radius 3 is 2.41 bits per heavy atom. The molecule has 27 heavy (non-hydrogen) atoms. The molecule has 1 aliphatic rings. The lowest BCUT2D eigenvalue weighted by Crippen LogP contribution is -2.43. The number of aliphatic hydroxyl groups is 1. The number of likely N-dealkylation sites (tertiary alicyclic amines) is 1. The number of rotatable bonds is 6. The number of nitrogens with zero attached hydrogens (tertiary/aromatic N) is 1. The standard InChI is InChI=1S/C21H22Cl2FNO2/c22-16-5-8-18(19(23)14-16)21(27)9-12-25(13-10-21)11-1-2-20(26)15-3-6-17(24)7-4-15/h3-8,14,27H,1-2,9-13H2. The molecule has 1 N–H and O–H groups in total. The van der Waals surface area contributed by atoms with Crippen LogP contribution in [-0.4, -0.2) is 35.4 Å². The summed E-state index contributed by atoms with van der Waals surface area (Å²) in [6.07, 6.45) is 2.33. The van der Waals surface area contributed by atoms with E-state index in [-0.39, 0.29) is 11.6 Å². The summed E-state index contributed by atoms with van der Waals surface area (Å²) in [5.41, 5.74) is 0.323. The van der Waals surface area contributed by atoms with Gasteiger partial charge in [-0.15, -0.1) is 0 Å². The number of piperidine rings is 1. The van der Waals surface area contributed by atoms with Crippen molar-refractivity contribution >= 4 is 29.0 Å². The number of carbonyl (C=O) groups is 1. The molecule has 1 fully saturated rings. The summed E-state index contributed by atoms with van der Waals surface area (Å²) in [4.78, 5) is 14.4. The first kappa shape index (κ1) is 20.3. The molecule has 0 atom stereocenters. The van der Waals surface area contributed by atoms with Gasteiger partial charge in [-0.25, -0.2) is 4.39 Å². The molecule has 1 saturated heterocycles. The van der Waals surface area contributed by atoms with Gasteiger partial charge < -0.3 is 10.0 Å². The second-order valence-corrected chi connectivity index (χ2v) is 7.87. The molecule has 1 aliphatic heterocycles. The van der Waals surface area contributed by atoms with Gasteiger partial charge in [-0.3, -0.25) is 4.79 Å². The van der Waals surface area contributed by atoms with Gasteiger partial charge in [-0.05, 0) is 62.2 Å². The molecule has 0 unspecified atom stereocenters. The molecule has 2 aromatic carbocycles. The molecular weight excluding hydrogens is 388 g/mol. The Morgan fingerprint density at radius 1 is 1.11 bits per heavy atom. The zero-order valence-corrected chi connectivity index (χ0v) is 16.4. The van der Waals surface area contributed by atoms with Crippen LogP contribution < -0.4 is 0 Å². The summed E-state index contributed by atoms with van der Waals surface area (Å²) in [6, 6.07) is 10.9. The summed E-state index contributed by atoms with van der Waals surface area (Å²) in [7, 11) is 0. The molecule has 2 aromatic rings. The van der Waals surface area contributed by atoms with E-state index < -0.39 is 5.60 Å². The van der Waals surface area contributed by atoms with Crippen molar-refractivity contribution in [2.45, 2.75) is 31.3 Å². The smallest absolute Gasteiger partial charge is 0.162 e. The van der Waals surface area contributed by atoms with E-state index in [4.69, 9.17) is 23.2 Å². The minimum Gasteiger partial charge on any atom is -0.385 e. The molecule has 0 bridgehead atoms. The fourth-order valence-electron chi connectivity index (χ4n) is 3.53. The Balaban J connectivity index is 1.48. The van der Waals surface area contributed by atoms with Gasteiger partial charge in [0.25, 0.3) is 0 Å². The van der Waals surface area contributed by atoms with E-state index in [1.807, 2.05) is 0 Å². The van der Waals surface area contributed by atoms with E-state index >= 15 is 0 Å². The second kappa shape index (κ2) is 8.70. The number of hydrogen-bond acceptors (Lipinski definition) is 3. The maximum atomic E-state index is 12.9. The Hall–Kier alpha value is -1.46. The van der Waals surface area contributed by atoms with Crippen LogP contribution in [0.2, 0.25) is 10.0 Å². The maximum Gasteiger partial charge on any atom is 0.162 e. The number of ketones is 1. The molecule has 0 spiro atoms. The highest BCUT2D eigenvalue weighted by atomic mass is 35.5. The number of benzene rings is 2. The number of halogens is 3. The SMILES string of the molecule is O=C(CCCN1CCC(O)(c2ccc(Cl)cc2Cl)CC1)c1ccc(F)cc1. The lowest BCUT2D eigenvalue weighted by molar-refractivity contribution is -0.0259. The zero-order chi connectivity index (χ0) is 19.4. The van der Waals surface area contributed by atoms with Gasteiger partial charge in [0.2, 0.25) is 0 Å². The van der Waals surface area contributed by atoms with Gasteiger partial charge in [0.1, 0.15) is 5.82 Å². The van der Waals surface area contributed by atoms with Crippen molar-refractivity contribution in [2.75, 3.05) is 19.6 Å². The average molecular weight is 410 g/mol. The Kier molecular flexibility index (Phi) is 6.53. The molecule has 0 amide bonds. The quantitative estimate of drug-likeness (QED) is 0.676. The third-order valence-electron chi connectivity index (χ3n) is 5.16. The van der Waals surface area contributed by atoms with Crippen LogP contribution in [0, 0.1) is 5.82 Å². The molecule has 3 rings (SSSR count). The summed E-state index contributed by atoms with van der Waals surface area (Å²) in [5, 5.41) is 12.0. The minimum atomic E-state index is -0.942. The Bertz CT molecular complexity index is 802. The fraction of sp³-hybridized carbons (Fsp3) is 0.381. The highest BCUT2D eigenvalue weighted by Crippen LogP contribution is 2.37. The number of Topliss-reactive ketones (excluding diaryl/α,β-unsaturated/α-hetero) is 1. The molecule has 3 nitrogen and oxygen atoms in total. The molecule has 0 aliphatic carbocycles. The average Bonchev–Trinajstić information content (AvgIpc) is 2.64. The lowest BCUT2D eigenvalue weighted by Gasteiger charge is -2.39. The highest BCUT2D eigenvalue weighted by Gasteiger charge is 2.35. The Morgan fingerprint density at radius 2 is 1.78 bits per heavy atom. The molecule has 0 saturated carbocycles. The van der Waals surface area contributed by atoms with Gasteiger partial charge in [0.05, 0.1) is 5.60 Å². The summed E-state index contributed by atoms with van der Waals surface area (Å²) >= 11 is 12.2. The minimum absolute atomic E-state index is 0.0245. The summed E-state index contributed by atoms with van der Waals surface area (Å²) in [6.45, 7) is 2.26. The van der Waals surface area contributed by atoms with E-state index in [1.165, 1.54) is 24.3 Å². The third kappa shape index (κ3) is 5.08. The van der Waals surface area contributed by atoms with Crippen LogP contribution in [0.25, 0.3) is 0 Å². The first-order valence-corrected chi connectivity index (χ1v) is 9.82. The summed E-state index contributed by atoms with van der Waals surface area (Å²) < 4.78 is 12.9. The molecular formula is C21H22Cl2FNO2. The van der Waals surface area contributed by atoms with Crippen LogP contribution in [0.3, 0.4) is 0 Å².